The largest absolute Gasteiger partial charge is 0.507 e. The van der Waals surface area contributed by atoms with E-state index in [0.29, 0.717) is 16.7 Å². The van der Waals surface area contributed by atoms with Crippen molar-refractivity contribution in [1.82, 2.24) is 9.97 Å². The fourth-order valence-corrected chi connectivity index (χ4v) is 3.64. The Morgan fingerprint density at radius 3 is 2.72 bits per heavy atom. The molecule has 0 radical (unpaired) electrons. The third-order valence-corrected chi connectivity index (χ3v) is 5.22. The predicted molar refractivity (Wildman–Crippen MR) is 116 cm³/mol. The van der Waals surface area contributed by atoms with Crippen molar-refractivity contribution in [3.8, 4) is 6.07 Å². The topological polar surface area (TPSA) is 145 Å². The number of imidazole rings is 1. The van der Waals surface area contributed by atoms with Gasteiger partial charge in [-0.25, -0.2) is 9.78 Å². The van der Waals surface area contributed by atoms with Crippen molar-refractivity contribution in [2.75, 3.05) is 24.6 Å². The van der Waals surface area contributed by atoms with Crippen LogP contribution in [0.5, 0.6) is 0 Å². The highest BCUT2D eigenvalue weighted by molar-refractivity contribution is 5.97. The Bertz CT molecular complexity index is 1230. The molecule has 2 heterocycles. The summed E-state index contributed by atoms with van der Waals surface area (Å²) in [4.78, 5) is 32.5. The number of carbonyl (C=O) groups excluding carboxylic acids is 1. The van der Waals surface area contributed by atoms with E-state index < -0.39 is 23.3 Å². The Morgan fingerprint density at radius 2 is 2.03 bits per heavy atom. The molecule has 0 unspecified atom stereocenters. The Hall–Kier alpha value is -4.39. The minimum Gasteiger partial charge on any atom is -0.507 e. The van der Waals surface area contributed by atoms with Gasteiger partial charge >= 0.3 is 5.97 Å². The lowest BCUT2D eigenvalue weighted by atomic mass is 10.1. The van der Waals surface area contributed by atoms with Crippen molar-refractivity contribution in [2.45, 2.75) is 12.8 Å². The molecule has 1 aromatic heterocycles. The monoisotopic (exact) mass is 433 g/mol. The molecule has 0 aliphatic carbocycles. The molecule has 0 atom stereocenters. The zero-order valence-electron chi connectivity index (χ0n) is 16.9. The number of nitrogens with one attached hydrogen (secondary N) is 1. The molecule has 0 amide bonds. The number of ether oxygens (including phenoxy) is 1. The number of nitro benzene ring substituents is 1. The van der Waals surface area contributed by atoms with Crippen LogP contribution in [0, 0.1) is 21.4 Å². The third-order valence-electron chi connectivity index (χ3n) is 5.22. The first-order chi connectivity index (χ1) is 15.5. The maximum Gasteiger partial charge on any atom is 0.340 e. The van der Waals surface area contributed by atoms with E-state index in [0.717, 1.165) is 25.9 Å². The second kappa shape index (κ2) is 8.77. The van der Waals surface area contributed by atoms with Gasteiger partial charge in [0.1, 0.15) is 18.2 Å². The number of aromatic amines is 1. The second-order valence-electron chi connectivity index (χ2n) is 7.26. The zero-order valence-corrected chi connectivity index (χ0v) is 16.9. The van der Waals surface area contributed by atoms with Crippen LogP contribution in [-0.2, 0) is 4.74 Å². The summed E-state index contributed by atoms with van der Waals surface area (Å²) in [5.41, 5.74) is 1.49. The Morgan fingerprint density at radius 1 is 1.28 bits per heavy atom. The molecule has 10 nitrogen and oxygen atoms in total. The summed E-state index contributed by atoms with van der Waals surface area (Å²) in [5, 5.41) is 31.1. The molecule has 1 aliphatic rings. The van der Waals surface area contributed by atoms with Crippen molar-refractivity contribution in [3.63, 3.8) is 0 Å². The first-order valence-corrected chi connectivity index (χ1v) is 9.96. The number of nitro groups is 1. The first-order valence-electron chi connectivity index (χ1n) is 9.96. The molecule has 4 rings (SSSR count). The van der Waals surface area contributed by atoms with Crippen molar-refractivity contribution in [3.05, 3.63) is 69.7 Å². The molecule has 1 fully saturated rings. The van der Waals surface area contributed by atoms with Crippen LogP contribution >= 0.6 is 0 Å². The van der Waals surface area contributed by atoms with E-state index in [4.69, 9.17) is 4.74 Å². The van der Waals surface area contributed by atoms with Crippen LogP contribution in [0.15, 0.2) is 48.2 Å². The maximum absolute atomic E-state index is 12.8. The normalized spacial score (nSPS) is 14.2. The van der Waals surface area contributed by atoms with Crippen molar-refractivity contribution in [1.29, 1.82) is 5.26 Å². The van der Waals surface area contributed by atoms with Crippen LogP contribution in [-0.4, -0.2) is 45.7 Å². The van der Waals surface area contributed by atoms with Crippen LogP contribution in [0.4, 0.5) is 11.4 Å². The van der Waals surface area contributed by atoms with E-state index in [1.165, 1.54) is 18.2 Å². The second-order valence-corrected chi connectivity index (χ2v) is 7.26. The van der Waals surface area contributed by atoms with Gasteiger partial charge in [0.25, 0.3) is 5.69 Å². The van der Waals surface area contributed by atoms with Gasteiger partial charge in [-0.1, -0.05) is 12.1 Å². The lowest BCUT2D eigenvalue weighted by molar-refractivity contribution is -0.384. The Kier molecular flexibility index (Phi) is 5.72. The maximum atomic E-state index is 12.8. The molecule has 32 heavy (non-hydrogen) atoms. The van der Waals surface area contributed by atoms with Crippen LogP contribution in [0.25, 0.3) is 16.6 Å². The van der Waals surface area contributed by atoms with Gasteiger partial charge in [-0.3, -0.25) is 10.1 Å². The smallest absolute Gasteiger partial charge is 0.340 e. The third kappa shape index (κ3) is 4.09. The van der Waals surface area contributed by atoms with Crippen molar-refractivity contribution in [2.24, 2.45) is 0 Å². The number of nitrogens with zero attached hydrogens (tertiary/aromatic N) is 4. The lowest BCUT2D eigenvalue weighted by Gasteiger charge is -2.20. The molecule has 1 saturated heterocycles. The van der Waals surface area contributed by atoms with E-state index in [1.54, 1.807) is 24.3 Å². The number of aliphatic hydroxyl groups excluding tert-OH is 1. The van der Waals surface area contributed by atoms with Gasteiger partial charge in [0.2, 0.25) is 0 Å². The number of para-hydroxylation sites is 2. The van der Waals surface area contributed by atoms with Gasteiger partial charge in [0.05, 0.1) is 27.2 Å². The number of aliphatic hydroxyl groups is 1. The van der Waals surface area contributed by atoms with Crippen LogP contribution in [0.2, 0.25) is 0 Å². The predicted octanol–water partition coefficient (Wildman–Crippen LogP) is 3.72. The summed E-state index contributed by atoms with van der Waals surface area (Å²) >= 11 is 0. The van der Waals surface area contributed by atoms with Gasteiger partial charge in [-0.2, -0.15) is 5.26 Å². The minimum absolute atomic E-state index is 0.0381. The highest BCUT2D eigenvalue weighted by atomic mass is 16.6. The van der Waals surface area contributed by atoms with Gasteiger partial charge < -0.3 is 19.7 Å². The minimum atomic E-state index is -0.830. The Labute approximate surface area is 182 Å². The van der Waals surface area contributed by atoms with Crippen LogP contribution in [0.1, 0.15) is 29.0 Å². The summed E-state index contributed by atoms with van der Waals surface area (Å²) in [5.74, 6) is -1.16. The van der Waals surface area contributed by atoms with Gasteiger partial charge in [-0.15, -0.1) is 0 Å². The molecule has 3 aromatic rings. The number of hydrogen-bond donors (Lipinski definition) is 2. The highest BCUT2D eigenvalue weighted by Gasteiger charge is 2.24. The molecule has 2 aromatic carbocycles. The number of H-pyrrole nitrogens is 1. The summed E-state index contributed by atoms with van der Waals surface area (Å²) in [6.45, 7) is 0.878. The Balaban J connectivity index is 1.58. The fraction of sp³-hybridized carbons (Fsp3) is 0.227. The summed E-state index contributed by atoms with van der Waals surface area (Å²) in [6.07, 6.45) is 1.91. The van der Waals surface area contributed by atoms with E-state index in [1.807, 2.05) is 11.0 Å². The molecule has 0 spiro atoms. The van der Waals surface area contributed by atoms with E-state index in [2.05, 4.69) is 9.97 Å². The number of carbonyl (C=O) groups is 1. The number of fused-ring (bicyclic) bond motifs is 1. The number of hydrogen-bond acceptors (Lipinski definition) is 8. The quantitative estimate of drug-likeness (QED) is 0.197. The van der Waals surface area contributed by atoms with Crippen molar-refractivity contribution < 1.29 is 19.6 Å². The number of esters is 1. The average molecular weight is 433 g/mol. The SMILES string of the molecule is N#CC(=C(O)COC(=O)c1cc([N+](=O)[O-])ccc1N1CCCC1)c1nc2ccccc2[nH]1. The molecule has 2 N–H and O–H groups in total. The number of nitriles is 1. The molecular formula is C22H19N5O5. The first kappa shape index (κ1) is 20.9. The molecule has 10 heteroatoms. The molecule has 1 aliphatic heterocycles. The number of aromatic nitrogens is 2. The number of benzene rings is 2. The van der Waals surface area contributed by atoms with Gasteiger partial charge in [-0.05, 0) is 31.0 Å². The highest BCUT2D eigenvalue weighted by Crippen LogP contribution is 2.29. The zero-order chi connectivity index (χ0) is 22.7. The summed E-state index contributed by atoms with van der Waals surface area (Å²) < 4.78 is 5.21. The number of anilines is 1. The number of allylic oxidation sites excluding steroid dienone is 1. The van der Waals surface area contributed by atoms with Crippen LogP contribution in [0.3, 0.4) is 0 Å². The molecular weight excluding hydrogens is 414 g/mol. The fourth-order valence-electron chi connectivity index (χ4n) is 3.64. The van der Waals surface area contributed by atoms with Gasteiger partial charge in [0.15, 0.2) is 11.6 Å². The molecule has 0 saturated carbocycles. The molecule has 162 valence electrons. The molecule has 0 bridgehead atoms. The number of non-ortho nitro benzene ring substituents is 1. The number of rotatable bonds is 6. The van der Waals surface area contributed by atoms with E-state index >= 15 is 0 Å². The summed E-state index contributed by atoms with van der Waals surface area (Å²) in [6, 6.07) is 13.0. The van der Waals surface area contributed by atoms with E-state index in [9.17, 15) is 25.3 Å². The standard InChI is InChI=1S/C22H19N5O5/c23-12-16(21-24-17-5-1-2-6-18(17)25-21)20(28)13-32-22(29)15-11-14(27(30)31)7-8-19(15)26-9-3-4-10-26/h1-2,5-8,11,28H,3-4,9-10,13H2,(H,24,25). The lowest BCUT2D eigenvalue weighted by Crippen LogP contribution is -2.22. The van der Waals surface area contributed by atoms with Crippen LogP contribution < -0.4 is 4.90 Å². The van der Waals surface area contributed by atoms with E-state index in [-0.39, 0.29) is 22.6 Å². The van der Waals surface area contributed by atoms with Crippen molar-refractivity contribution >= 4 is 34.0 Å². The average Bonchev–Trinajstić information content (AvgIpc) is 3.47. The summed E-state index contributed by atoms with van der Waals surface area (Å²) in [7, 11) is 0. The van der Waals surface area contributed by atoms with Gasteiger partial charge in [0, 0.05) is 25.2 Å².